The number of nitrogens with one attached hydrogen (secondary N) is 2. The van der Waals surface area contributed by atoms with Crippen LogP contribution in [0.15, 0.2) is 48.6 Å². The predicted octanol–water partition coefficient (Wildman–Crippen LogP) is 6.31. The van der Waals surface area contributed by atoms with E-state index in [9.17, 15) is 9.90 Å². The topological polar surface area (TPSA) is 87.1 Å². The summed E-state index contributed by atoms with van der Waals surface area (Å²) in [5.41, 5.74) is 2.77. The Morgan fingerprint density at radius 3 is 2.42 bits per heavy atom. The summed E-state index contributed by atoms with van der Waals surface area (Å²) in [4.78, 5) is 21.5. The number of allylic oxidation sites excluding steroid dienone is 4. The second-order valence-electron chi connectivity index (χ2n) is 10.4. The molecule has 6 nitrogen and oxygen atoms in total. The number of rotatable bonds is 6. The van der Waals surface area contributed by atoms with Crippen LogP contribution in [0.3, 0.4) is 0 Å². The summed E-state index contributed by atoms with van der Waals surface area (Å²) in [6, 6.07) is 9.69. The largest absolute Gasteiger partial charge is 0.481 e. The van der Waals surface area contributed by atoms with Crippen molar-refractivity contribution in [1.82, 2.24) is 9.97 Å². The number of anilines is 3. The third-order valence-electron chi connectivity index (χ3n) is 6.35. The van der Waals surface area contributed by atoms with Crippen LogP contribution in [0.2, 0.25) is 0 Å². The van der Waals surface area contributed by atoms with E-state index in [4.69, 9.17) is 9.97 Å². The molecule has 1 heterocycles. The Morgan fingerprint density at radius 2 is 1.82 bits per heavy atom. The molecule has 1 saturated carbocycles. The zero-order chi connectivity index (χ0) is 23.6. The molecule has 0 bridgehead atoms. The molecular weight excluding hydrogens is 412 g/mol. The van der Waals surface area contributed by atoms with Crippen LogP contribution in [0.1, 0.15) is 71.1 Å². The Balaban J connectivity index is 1.63. The van der Waals surface area contributed by atoms with Crippen LogP contribution in [0.5, 0.6) is 0 Å². The summed E-state index contributed by atoms with van der Waals surface area (Å²) < 4.78 is 0. The molecule has 1 fully saturated rings. The van der Waals surface area contributed by atoms with E-state index in [1.54, 1.807) is 0 Å². The quantitative estimate of drug-likeness (QED) is 0.482. The van der Waals surface area contributed by atoms with Crippen molar-refractivity contribution in [1.29, 1.82) is 0 Å². The first-order valence-electron chi connectivity index (χ1n) is 11.8. The van der Waals surface area contributed by atoms with Crippen LogP contribution in [0.25, 0.3) is 5.57 Å². The normalized spacial score (nSPS) is 19.8. The molecule has 6 heteroatoms. The SMILES string of the molecule is CC1C=C(c2cc(NC(C)(C)C)nc(Nc3ccc(C4(C(=O)O)CCCC4)cc3)n2)C=CC1. The summed E-state index contributed by atoms with van der Waals surface area (Å²) >= 11 is 0. The van der Waals surface area contributed by atoms with Gasteiger partial charge in [0, 0.05) is 17.3 Å². The molecule has 174 valence electrons. The molecule has 2 aliphatic rings. The number of nitrogens with zero attached hydrogens (tertiary/aromatic N) is 2. The summed E-state index contributed by atoms with van der Waals surface area (Å²) in [7, 11) is 0. The molecule has 1 aromatic heterocycles. The van der Waals surface area contributed by atoms with Crippen molar-refractivity contribution in [3.63, 3.8) is 0 Å². The van der Waals surface area contributed by atoms with Crippen LogP contribution >= 0.6 is 0 Å². The van der Waals surface area contributed by atoms with Gasteiger partial charge in [0.05, 0.1) is 11.1 Å². The molecule has 4 rings (SSSR count). The van der Waals surface area contributed by atoms with Crippen molar-refractivity contribution in [3.8, 4) is 0 Å². The fraction of sp³-hybridized carbons (Fsp3) is 0.444. The lowest BCUT2D eigenvalue weighted by Gasteiger charge is -2.24. The number of carbonyl (C=O) groups is 1. The molecule has 1 aromatic carbocycles. The lowest BCUT2D eigenvalue weighted by Crippen LogP contribution is -2.32. The van der Waals surface area contributed by atoms with Crippen molar-refractivity contribution in [2.45, 2.75) is 70.8 Å². The molecular formula is C27H34N4O2. The number of aromatic nitrogens is 2. The second-order valence-corrected chi connectivity index (χ2v) is 10.4. The van der Waals surface area contributed by atoms with Gasteiger partial charge in [-0.2, -0.15) is 4.98 Å². The van der Waals surface area contributed by atoms with Crippen LogP contribution in [0.4, 0.5) is 17.5 Å². The van der Waals surface area contributed by atoms with Crippen molar-refractivity contribution in [3.05, 3.63) is 59.8 Å². The van der Waals surface area contributed by atoms with Gasteiger partial charge in [0.1, 0.15) is 5.82 Å². The van der Waals surface area contributed by atoms with Crippen LogP contribution in [-0.2, 0) is 10.2 Å². The van der Waals surface area contributed by atoms with Gasteiger partial charge >= 0.3 is 5.97 Å². The van der Waals surface area contributed by atoms with Crippen molar-refractivity contribution in [2.75, 3.05) is 10.6 Å². The molecule has 0 saturated heterocycles. The summed E-state index contributed by atoms with van der Waals surface area (Å²) in [6.45, 7) is 8.51. The number of benzene rings is 1. The number of carboxylic acids is 1. The maximum absolute atomic E-state index is 12.0. The minimum atomic E-state index is -0.755. The molecule has 33 heavy (non-hydrogen) atoms. The average Bonchev–Trinajstić information content (AvgIpc) is 3.24. The van der Waals surface area contributed by atoms with Crippen molar-refractivity contribution < 1.29 is 9.90 Å². The Labute approximate surface area is 196 Å². The molecule has 2 aromatic rings. The Bertz CT molecular complexity index is 1070. The Hall–Kier alpha value is -3.15. The zero-order valence-electron chi connectivity index (χ0n) is 20.0. The lowest BCUT2D eigenvalue weighted by molar-refractivity contribution is -0.143. The van der Waals surface area contributed by atoms with E-state index in [1.165, 1.54) is 0 Å². The highest BCUT2D eigenvalue weighted by Crippen LogP contribution is 2.41. The first kappa shape index (κ1) is 23.0. The average molecular weight is 447 g/mol. The second kappa shape index (κ2) is 9.00. The van der Waals surface area contributed by atoms with Crippen molar-refractivity contribution >= 4 is 29.0 Å². The molecule has 3 N–H and O–H groups in total. The third kappa shape index (κ3) is 5.27. The predicted molar refractivity (Wildman–Crippen MR) is 134 cm³/mol. The van der Waals surface area contributed by atoms with Gasteiger partial charge in [0.25, 0.3) is 0 Å². The van der Waals surface area contributed by atoms with Crippen LogP contribution in [-0.4, -0.2) is 26.6 Å². The van der Waals surface area contributed by atoms with Gasteiger partial charge in [-0.25, -0.2) is 4.98 Å². The molecule has 0 amide bonds. The maximum Gasteiger partial charge on any atom is 0.314 e. The molecule has 0 radical (unpaired) electrons. The maximum atomic E-state index is 12.0. The molecule has 0 aliphatic heterocycles. The summed E-state index contributed by atoms with van der Waals surface area (Å²) in [6.07, 6.45) is 10.9. The number of hydrogen-bond acceptors (Lipinski definition) is 5. The van der Waals surface area contributed by atoms with Gasteiger partial charge in [0.2, 0.25) is 5.95 Å². The Kier molecular flexibility index (Phi) is 6.28. The standard InChI is InChI=1S/C27H34N4O2/c1-18-8-7-9-19(16-18)22-17-23(31-26(2,3)4)30-25(29-22)28-21-12-10-20(11-13-21)27(24(32)33)14-5-6-15-27/h7,9-13,16-18H,5-6,8,14-15H2,1-4H3,(H,32,33)(H2,28,29,30,31). The van der Waals surface area contributed by atoms with Gasteiger partial charge < -0.3 is 15.7 Å². The lowest BCUT2D eigenvalue weighted by atomic mass is 9.79. The zero-order valence-corrected chi connectivity index (χ0v) is 20.0. The highest BCUT2D eigenvalue weighted by atomic mass is 16.4. The fourth-order valence-corrected chi connectivity index (χ4v) is 4.72. The molecule has 0 spiro atoms. The molecule has 1 atom stereocenters. The number of aliphatic carboxylic acids is 1. The molecule has 1 unspecified atom stereocenters. The van der Waals surface area contributed by atoms with Gasteiger partial charge in [-0.05, 0) is 69.2 Å². The van der Waals surface area contributed by atoms with E-state index >= 15 is 0 Å². The first-order valence-corrected chi connectivity index (χ1v) is 11.8. The minimum absolute atomic E-state index is 0.138. The highest BCUT2D eigenvalue weighted by Gasteiger charge is 2.42. The van der Waals surface area contributed by atoms with Crippen molar-refractivity contribution in [2.24, 2.45) is 5.92 Å². The van der Waals surface area contributed by atoms with E-state index in [2.05, 4.69) is 56.6 Å². The summed E-state index contributed by atoms with van der Waals surface area (Å²) in [5.74, 6) is 1.01. The molecule has 2 aliphatic carbocycles. The van der Waals surface area contributed by atoms with E-state index in [0.29, 0.717) is 24.7 Å². The van der Waals surface area contributed by atoms with E-state index in [1.807, 2.05) is 30.3 Å². The fourth-order valence-electron chi connectivity index (χ4n) is 4.72. The van der Waals surface area contributed by atoms with Gasteiger partial charge in [-0.15, -0.1) is 0 Å². The van der Waals surface area contributed by atoms with E-state index in [-0.39, 0.29) is 5.54 Å². The first-order chi connectivity index (χ1) is 15.6. The van der Waals surface area contributed by atoms with Gasteiger partial charge in [-0.1, -0.05) is 50.1 Å². The number of carboxylic acid groups (broad SMARTS) is 1. The number of hydrogen-bond donors (Lipinski definition) is 3. The smallest absolute Gasteiger partial charge is 0.314 e. The van der Waals surface area contributed by atoms with E-state index in [0.717, 1.165) is 47.6 Å². The third-order valence-corrected chi connectivity index (χ3v) is 6.35. The van der Waals surface area contributed by atoms with Gasteiger partial charge in [-0.3, -0.25) is 4.79 Å². The monoisotopic (exact) mass is 446 g/mol. The van der Waals surface area contributed by atoms with E-state index < -0.39 is 11.4 Å². The highest BCUT2D eigenvalue weighted by molar-refractivity contribution is 5.82. The van der Waals surface area contributed by atoms with Gasteiger partial charge in [0.15, 0.2) is 0 Å². The van der Waals surface area contributed by atoms with Crippen LogP contribution < -0.4 is 10.6 Å². The van der Waals surface area contributed by atoms with Crippen LogP contribution in [0, 0.1) is 5.92 Å². The minimum Gasteiger partial charge on any atom is -0.481 e. The summed E-state index contributed by atoms with van der Waals surface area (Å²) in [5, 5.41) is 16.6. The Morgan fingerprint density at radius 1 is 1.12 bits per heavy atom.